The maximum Gasteiger partial charge on any atom is 0.123 e. The highest BCUT2D eigenvalue weighted by Crippen LogP contribution is 2.23. The Bertz CT molecular complexity index is 593. The van der Waals surface area contributed by atoms with Crippen molar-refractivity contribution in [3.8, 4) is 5.75 Å². The molecule has 1 heterocycles. The molecular weight excluding hydrogens is 278 g/mol. The van der Waals surface area contributed by atoms with Gasteiger partial charge >= 0.3 is 0 Å². The molecule has 0 spiro atoms. The van der Waals surface area contributed by atoms with Crippen molar-refractivity contribution in [1.29, 1.82) is 0 Å². The van der Waals surface area contributed by atoms with Crippen LogP contribution in [0.5, 0.6) is 5.75 Å². The Morgan fingerprint density at radius 1 is 0.955 bits per heavy atom. The fraction of sp³-hybridized carbons (Fsp3) is 0.389. The second-order valence-electron chi connectivity index (χ2n) is 6.34. The molecule has 0 unspecified atom stereocenters. The number of nitrogens with zero attached hydrogens (tertiary/aromatic N) is 1. The zero-order valence-corrected chi connectivity index (χ0v) is 13.3. The number of benzene rings is 1. The molecule has 2 rings (SSSR count). The molecule has 0 saturated carbocycles. The van der Waals surface area contributed by atoms with Gasteiger partial charge in [0.2, 0.25) is 0 Å². The summed E-state index contributed by atoms with van der Waals surface area (Å²) in [5.41, 5.74) is 3.47. The third-order valence-electron chi connectivity index (χ3n) is 3.45. The standard InChI is InChI=1S/C18H23NO3/c1-18(2,3)14-6-4-13(5-7-14)12-22-17-8-15(10-20)19-16(9-17)11-21/h4-9,20-21H,10-12H2,1-3H3. The molecule has 22 heavy (non-hydrogen) atoms. The van der Waals surface area contributed by atoms with E-state index in [0.717, 1.165) is 5.56 Å². The molecule has 118 valence electrons. The normalized spacial score (nSPS) is 11.5. The van der Waals surface area contributed by atoms with E-state index in [2.05, 4.69) is 50.0 Å². The quantitative estimate of drug-likeness (QED) is 0.891. The lowest BCUT2D eigenvalue weighted by molar-refractivity contribution is 0.260. The van der Waals surface area contributed by atoms with E-state index in [4.69, 9.17) is 4.74 Å². The molecule has 1 aromatic carbocycles. The maximum atomic E-state index is 9.17. The topological polar surface area (TPSA) is 62.6 Å². The summed E-state index contributed by atoms with van der Waals surface area (Å²) in [7, 11) is 0. The molecular formula is C18H23NO3. The van der Waals surface area contributed by atoms with Crippen molar-refractivity contribution in [3.63, 3.8) is 0 Å². The van der Waals surface area contributed by atoms with Crippen LogP contribution in [0.25, 0.3) is 0 Å². The number of aromatic nitrogens is 1. The first-order valence-corrected chi connectivity index (χ1v) is 7.36. The molecule has 0 aliphatic rings. The largest absolute Gasteiger partial charge is 0.489 e. The van der Waals surface area contributed by atoms with E-state index < -0.39 is 0 Å². The van der Waals surface area contributed by atoms with Crippen LogP contribution in [-0.4, -0.2) is 15.2 Å². The highest BCUT2D eigenvalue weighted by atomic mass is 16.5. The summed E-state index contributed by atoms with van der Waals surface area (Å²) in [6.07, 6.45) is 0. The lowest BCUT2D eigenvalue weighted by Gasteiger charge is -2.19. The van der Waals surface area contributed by atoms with Gasteiger partial charge in [-0.1, -0.05) is 45.0 Å². The molecule has 0 radical (unpaired) electrons. The molecule has 4 heteroatoms. The Hall–Kier alpha value is -1.91. The third kappa shape index (κ3) is 4.29. The summed E-state index contributed by atoms with van der Waals surface area (Å²) in [4.78, 5) is 4.08. The van der Waals surface area contributed by atoms with Gasteiger partial charge in [-0.2, -0.15) is 0 Å². The Morgan fingerprint density at radius 3 is 1.95 bits per heavy atom. The molecule has 4 nitrogen and oxygen atoms in total. The predicted octanol–water partition coefficient (Wildman–Crippen LogP) is 2.94. The highest BCUT2D eigenvalue weighted by molar-refractivity contribution is 5.29. The highest BCUT2D eigenvalue weighted by Gasteiger charge is 2.12. The summed E-state index contributed by atoms with van der Waals surface area (Å²) < 4.78 is 5.74. The average molecular weight is 301 g/mol. The number of hydrogen-bond acceptors (Lipinski definition) is 4. The number of aliphatic hydroxyl groups is 2. The van der Waals surface area contributed by atoms with E-state index in [1.54, 1.807) is 12.1 Å². The van der Waals surface area contributed by atoms with Crippen LogP contribution in [0.3, 0.4) is 0 Å². The Kier molecular flexibility index (Phi) is 5.16. The molecule has 0 aliphatic heterocycles. The van der Waals surface area contributed by atoms with E-state index >= 15 is 0 Å². The van der Waals surface area contributed by atoms with Crippen molar-refractivity contribution in [2.24, 2.45) is 0 Å². The van der Waals surface area contributed by atoms with Gasteiger partial charge in [-0.05, 0) is 16.5 Å². The molecule has 0 aliphatic carbocycles. The van der Waals surface area contributed by atoms with Crippen molar-refractivity contribution < 1.29 is 14.9 Å². The van der Waals surface area contributed by atoms with E-state index in [0.29, 0.717) is 23.7 Å². The van der Waals surface area contributed by atoms with Gasteiger partial charge in [0.25, 0.3) is 0 Å². The second kappa shape index (κ2) is 6.90. The fourth-order valence-electron chi connectivity index (χ4n) is 2.13. The lowest BCUT2D eigenvalue weighted by atomic mass is 9.87. The monoisotopic (exact) mass is 301 g/mol. The molecule has 0 bridgehead atoms. The Labute approximate surface area is 131 Å². The van der Waals surface area contributed by atoms with Gasteiger partial charge in [0.15, 0.2) is 0 Å². The molecule has 1 aromatic heterocycles. The molecule has 0 amide bonds. The molecule has 2 aromatic rings. The third-order valence-corrected chi connectivity index (χ3v) is 3.45. The van der Waals surface area contributed by atoms with Crippen LogP contribution in [-0.2, 0) is 25.2 Å². The van der Waals surface area contributed by atoms with Gasteiger partial charge in [-0.15, -0.1) is 0 Å². The molecule has 0 saturated heterocycles. The number of hydrogen-bond donors (Lipinski definition) is 2. The Balaban J connectivity index is 2.06. The number of rotatable bonds is 5. The van der Waals surface area contributed by atoms with Gasteiger partial charge in [-0.25, -0.2) is 0 Å². The van der Waals surface area contributed by atoms with Crippen molar-refractivity contribution in [2.75, 3.05) is 0 Å². The Morgan fingerprint density at radius 2 is 1.50 bits per heavy atom. The van der Waals surface area contributed by atoms with Crippen molar-refractivity contribution in [1.82, 2.24) is 4.98 Å². The van der Waals surface area contributed by atoms with E-state index in [1.165, 1.54) is 5.56 Å². The van der Waals surface area contributed by atoms with Crippen LogP contribution in [0.1, 0.15) is 43.3 Å². The number of pyridine rings is 1. The lowest BCUT2D eigenvalue weighted by Crippen LogP contribution is -2.10. The summed E-state index contributed by atoms with van der Waals surface area (Å²) in [5, 5.41) is 18.3. The van der Waals surface area contributed by atoms with Crippen LogP contribution in [0.2, 0.25) is 0 Å². The number of aliphatic hydroxyl groups excluding tert-OH is 2. The van der Waals surface area contributed by atoms with Crippen LogP contribution in [0.4, 0.5) is 0 Å². The second-order valence-corrected chi connectivity index (χ2v) is 6.34. The van der Waals surface area contributed by atoms with Crippen LogP contribution < -0.4 is 4.74 Å². The van der Waals surface area contributed by atoms with Gasteiger partial charge in [0, 0.05) is 12.1 Å². The van der Waals surface area contributed by atoms with Gasteiger partial charge in [-0.3, -0.25) is 4.98 Å². The van der Waals surface area contributed by atoms with Gasteiger partial charge in [0.05, 0.1) is 24.6 Å². The first-order chi connectivity index (χ1) is 10.4. The van der Waals surface area contributed by atoms with E-state index in [9.17, 15) is 10.2 Å². The van der Waals surface area contributed by atoms with Crippen molar-refractivity contribution in [2.45, 2.75) is 46.0 Å². The first kappa shape index (κ1) is 16.5. The van der Waals surface area contributed by atoms with Crippen LogP contribution in [0, 0.1) is 0 Å². The van der Waals surface area contributed by atoms with Crippen molar-refractivity contribution in [3.05, 3.63) is 58.9 Å². The zero-order valence-electron chi connectivity index (χ0n) is 13.3. The summed E-state index contributed by atoms with van der Waals surface area (Å²) >= 11 is 0. The van der Waals surface area contributed by atoms with Crippen LogP contribution in [0.15, 0.2) is 36.4 Å². The maximum absolute atomic E-state index is 9.17. The van der Waals surface area contributed by atoms with Crippen LogP contribution >= 0.6 is 0 Å². The summed E-state index contributed by atoms with van der Waals surface area (Å²) in [6.45, 7) is 6.63. The number of ether oxygens (including phenoxy) is 1. The fourth-order valence-corrected chi connectivity index (χ4v) is 2.13. The zero-order chi connectivity index (χ0) is 16.2. The smallest absolute Gasteiger partial charge is 0.123 e. The average Bonchev–Trinajstić information content (AvgIpc) is 2.52. The minimum Gasteiger partial charge on any atom is -0.489 e. The van der Waals surface area contributed by atoms with Gasteiger partial charge in [0.1, 0.15) is 12.4 Å². The van der Waals surface area contributed by atoms with E-state index in [-0.39, 0.29) is 18.6 Å². The summed E-state index contributed by atoms with van der Waals surface area (Å²) in [6, 6.07) is 11.7. The predicted molar refractivity (Wildman–Crippen MR) is 85.6 cm³/mol. The molecule has 0 fully saturated rings. The minimum atomic E-state index is -0.176. The van der Waals surface area contributed by atoms with Crippen molar-refractivity contribution >= 4 is 0 Å². The SMILES string of the molecule is CC(C)(C)c1ccc(COc2cc(CO)nc(CO)c2)cc1. The molecule has 0 atom stereocenters. The molecule has 2 N–H and O–H groups in total. The summed E-state index contributed by atoms with van der Waals surface area (Å²) in [5.74, 6) is 0.600. The van der Waals surface area contributed by atoms with Gasteiger partial charge < -0.3 is 14.9 Å². The minimum absolute atomic E-state index is 0.135. The first-order valence-electron chi connectivity index (χ1n) is 7.36. The van der Waals surface area contributed by atoms with E-state index in [1.807, 2.05) is 0 Å².